The number of nitrogens with zero attached hydrogens (tertiary/aromatic N) is 3. The predicted octanol–water partition coefficient (Wildman–Crippen LogP) is 4.29. The maximum absolute atomic E-state index is 12.6. The van der Waals surface area contributed by atoms with E-state index in [0.29, 0.717) is 43.4 Å². The largest absolute Gasteiger partial charge is 0.416 e. The number of carbonyl (C=O) groups is 1. The van der Waals surface area contributed by atoms with Gasteiger partial charge in [0.2, 0.25) is 11.8 Å². The lowest BCUT2D eigenvalue weighted by Crippen LogP contribution is -2.40. The summed E-state index contributed by atoms with van der Waals surface area (Å²) in [5, 5.41) is 11.0. The molecule has 6 nitrogen and oxygen atoms in total. The summed E-state index contributed by atoms with van der Waals surface area (Å²) in [5.41, 5.74) is 0.767. The highest BCUT2D eigenvalue weighted by Crippen LogP contribution is 2.29. The third-order valence-electron chi connectivity index (χ3n) is 5.32. The van der Waals surface area contributed by atoms with Gasteiger partial charge in [-0.1, -0.05) is 35.4 Å². The second-order valence-electron chi connectivity index (χ2n) is 7.43. The highest BCUT2D eigenvalue weighted by molar-refractivity contribution is 5.78. The van der Waals surface area contributed by atoms with Crippen molar-refractivity contribution in [1.82, 2.24) is 15.5 Å². The molecule has 1 amide bonds. The fourth-order valence-electron chi connectivity index (χ4n) is 3.52. The molecule has 31 heavy (non-hydrogen) atoms. The minimum atomic E-state index is -4.37. The summed E-state index contributed by atoms with van der Waals surface area (Å²) in [5.74, 6) is 0.185. The van der Waals surface area contributed by atoms with Crippen molar-refractivity contribution in [2.45, 2.75) is 25.6 Å². The molecular formula is C22H21F3N4O2. The number of aromatic nitrogens is 2. The lowest BCUT2D eigenvalue weighted by atomic mass is 9.96. The fraction of sp³-hybridized carbons (Fsp3) is 0.318. The Morgan fingerprint density at radius 3 is 2.35 bits per heavy atom. The topological polar surface area (TPSA) is 71.3 Å². The second kappa shape index (κ2) is 8.79. The Bertz CT molecular complexity index is 1010. The van der Waals surface area contributed by atoms with Gasteiger partial charge in [-0.15, -0.1) is 5.10 Å². The maximum Gasteiger partial charge on any atom is 0.416 e. The molecule has 0 aliphatic carbocycles. The van der Waals surface area contributed by atoms with Crippen LogP contribution in [0.1, 0.15) is 24.0 Å². The zero-order valence-corrected chi connectivity index (χ0v) is 16.6. The van der Waals surface area contributed by atoms with E-state index in [9.17, 15) is 18.0 Å². The minimum absolute atomic E-state index is 0.102. The van der Waals surface area contributed by atoms with Gasteiger partial charge in [-0.05, 0) is 42.7 Å². The summed E-state index contributed by atoms with van der Waals surface area (Å²) in [6.07, 6.45) is -3.11. The molecule has 162 valence electrons. The third-order valence-corrected chi connectivity index (χ3v) is 5.32. The molecule has 1 aliphatic heterocycles. The number of anilines is 1. The van der Waals surface area contributed by atoms with Crippen LogP contribution in [0.25, 0.3) is 11.5 Å². The van der Waals surface area contributed by atoms with Crippen LogP contribution in [0.2, 0.25) is 0 Å². The van der Waals surface area contributed by atoms with E-state index < -0.39 is 11.7 Å². The number of alkyl halides is 3. The van der Waals surface area contributed by atoms with Gasteiger partial charge in [0.05, 0.1) is 5.56 Å². The molecule has 0 bridgehead atoms. The van der Waals surface area contributed by atoms with Crippen molar-refractivity contribution in [2.75, 3.05) is 18.0 Å². The zero-order chi connectivity index (χ0) is 21.8. The highest BCUT2D eigenvalue weighted by atomic mass is 19.4. The van der Waals surface area contributed by atoms with Gasteiger partial charge in [0.25, 0.3) is 0 Å². The lowest BCUT2D eigenvalue weighted by molar-refractivity contribution is -0.137. The van der Waals surface area contributed by atoms with Crippen molar-refractivity contribution in [3.63, 3.8) is 0 Å². The monoisotopic (exact) mass is 430 g/mol. The first kappa shape index (κ1) is 20.9. The summed E-state index contributed by atoms with van der Waals surface area (Å²) in [6, 6.07) is 14.7. The van der Waals surface area contributed by atoms with Crippen molar-refractivity contribution >= 4 is 11.9 Å². The maximum atomic E-state index is 12.6. The lowest BCUT2D eigenvalue weighted by Gasteiger charge is -2.29. The van der Waals surface area contributed by atoms with Gasteiger partial charge in [-0.3, -0.25) is 4.79 Å². The highest BCUT2D eigenvalue weighted by Gasteiger charge is 2.30. The van der Waals surface area contributed by atoms with Crippen molar-refractivity contribution < 1.29 is 22.4 Å². The Labute approximate surface area is 177 Å². The van der Waals surface area contributed by atoms with Crippen LogP contribution < -0.4 is 10.2 Å². The standard InChI is InChI=1S/C22H21F3N4O2/c23-22(24,25)18-8-6-15(7-9-18)14-26-19(30)16-10-12-29(13-11-16)21-28-27-20(31-21)17-4-2-1-3-5-17/h1-9,16H,10-14H2,(H,26,30). The van der Waals surface area contributed by atoms with Crippen LogP contribution in [0, 0.1) is 5.92 Å². The Hall–Kier alpha value is -3.36. The molecule has 0 atom stereocenters. The number of amides is 1. The molecule has 1 saturated heterocycles. The third kappa shape index (κ3) is 5.04. The van der Waals surface area contributed by atoms with E-state index in [0.717, 1.165) is 17.7 Å². The molecule has 2 aromatic carbocycles. The average Bonchev–Trinajstić information content (AvgIpc) is 3.28. The Morgan fingerprint density at radius 1 is 1.03 bits per heavy atom. The number of halogens is 3. The van der Waals surface area contributed by atoms with E-state index in [1.165, 1.54) is 12.1 Å². The van der Waals surface area contributed by atoms with Crippen LogP contribution in [-0.4, -0.2) is 29.2 Å². The predicted molar refractivity (Wildman–Crippen MR) is 108 cm³/mol. The zero-order valence-electron chi connectivity index (χ0n) is 16.6. The van der Waals surface area contributed by atoms with Crippen LogP contribution >= 0.6 is 0 Å². The van der Waals surface area contributed by atoms with Gasteiger partial charge in [0, 0.05) is 31.1 Å². The molecule has 0 spiro atoms. The van der Waals surface area contributed by atoms with Crippen molar-refractivity contribution in [3.8, 4) is 11.5 Å². The van der Waals surface area contributed by atoms with Gasteiger partial charge >= 0.3 is 12.2 Å². The number of hydrogen-bond donors (Lipinski definition) is 1. The smallest absolute Gasteiger partial charge is 0.403 e. The van der Waals surface area contributed by atoms with Crippen LogP contribution in [0.5, 0.6) is 0 Å². The Balaban J connectivity index is 1.27. The number of hydrogen-bond acceptors (Lipinski definition) is 5. The Kier molecular flexibility index (Phi) is 5.92. The Morgan fingerprint density at radius 2 is 1.71 bits per heavy atom. The van der Waals surface area contributed by atoms with E-state index in [4.69, 9.17) is 4.42 Å². The number of rotatable bonds is 5. The molecule has 0 radical (unpaired) electrons. The number of piperidine rings is 1. The average molecular weight is 430 g/mol. The van der Waals surface area contributed by atoms with Crippen molar-refractivity contribution in [3.05, 3.63) is 65.7 Å². The van der Waals surface area contributed by atoms with Crippen LogP contribution in [0.15, 0.2) is 59.0 Å². The molecular weight excluding hydrogens is 409 g/mol. The molecule has 0 unspecified atom stereocenters. The van der Waals surface area contributed by atoms with Crippen LogP contribution in [0.3, 0.4) is 0 Å². The summed E-state index contributed by atoms with van der Waals surface area (Å²) in [6.45, 7) is 1.41. The second-order valence-corrected chi connectivity index (χ2v) is 7.43. The number of carbonyl (C=O) groups excluding carboxylic acids is 1. The van der Waals surface area contributed by atoms with E-state index in [1.54, 1.807) is 0 Å². The van der Waals surface area contributed by atoms with E-state index >= 15 is 0 Å². The first-order valence-electron chi connectivity index (χ1n) is 9.98. The molecule has 1 aliphatic rings. The number of nitrogens with one attached hydrogen (secondary N) is 1. The summed E-state index contributed by atoms with van der Waals surface area (Å²) in [7, 11) is 0. The summed E-state index contributed by atoms with van der Waals surface area (Å²) >= 11 is 0. The van der Waals surface area contributed by atoms with Crippen LogP contribution in [0.4, 0.5) is 19.2 Å². The van der Waals surface area contributed by atoms with Crippen molar-refractivity contribution in [1.29, 1.82) is 0 Å². The quantitative estimate of drug-likeness (QED) is 0.654. The molecule has 1 fully saturated rings. The molecule has 0 saturated carbocycles. The van der Waals surface area contributed by atoms with Gasteiger partial charge in [0.15, 0.2) is 0 Å². The van der Waals surface area contributed by atoms with Gasteiger partial charge in [0.1, 0.15) is 0 Å². The SMILES string of the molecule is O=C(NCc1ccc(C(F)(F)F)cc1)C1CCN(c2nnc(-c3ccccc3)o2)CC1. The molecule has 4 rings (SSSR count). The first-order chi connectivity index (χ1) is 14.9. The normalized spacial score (nSPS) is 15.1. The van der Waals surface area contributed by atoms with Gasteiger partial charge in [-0.2, -0.15) is 13.2 Å². The molecule has 3 aromatic rings. The number of benzene rings is 2. The van der Waals surface area contributed by atoms with E-state index in [-0.39, 0.29) is 18.4 Å². The van der Waals surface area contributed by atoms with Gasteiger partial charge < -0.3 is 14.6 Å². The fourth-order valence-corrected chi connectivity index (χ4v) is 3.52. The van der Waals surface area contributed by atoms with Crippen molar-refractivity contribution in [2.24, 2.45) is 5.92 Å². The first-order valence-corrected chi connectivity index (χ1v) is 9.98. The molecule has 1 aromatic heterocycles. The van der Waals surface area contributed by atoms with E-state index in [2.05, 4.69) is 15.5 Å². The van der Waals surface area contributed by atoms with Crippen LogP contribution in [-0.2, 0) is 17.5 Å². The molecule has 1 N–H and O–H groups in total. The van der Waals surface area contributed by atoms with Gasteiger partial charge in [-0.25, -0.2) is 0 Å². The molecule has 2 heterocycles. The summed E-state index contributed by atoms with van der Waals surface area (Å²) in [4.78, 5) is 14.4. The molecule has 9 heteroatoms. The van der Waals surface area contributed by atoms with E-state index in [1.807, 2.05) is 35.2 Å². The summed E-state index contributed by atoms with van der Waals surface area (Å²) < 4.78 is 43.7. The minimum Gasteiger partial charge on any atom is -0.403 e.